The van der Waals surface area contributed by atoms with Crippen molar-refractivity contribution in [3.05, 3.63) is 34.4 Å². The third-order valence-electron chi connectivity index (χ3n) is 2.12. The van der Waals surface area contributed by atoms with Gasteiger partial charge in [0.25, 0.3) is 0 Å². The molecule has 0 aliphatic heterocycles. The fourth-order valence-electron chi connectivity index (χ4n) is 1.34. The molecule has 2 nitrogen and oxygen atoms in total. The van der Waals surface area contributed by atoms with Crippen molar-refractivity contribution < 1.29 is 13.9 Å². The van der Waals surface area contributed by atoms with Gasteiger partial charge in [0.1, 0.15) is 11.6 Å². The predicted octanol–water partition coefficient (Wildman–Crippen LogP) is 2.39. The summed E-state index contributed by atoms with van der Waals surface area (Å²) in [6.07, 6.45) is 0.706. The van der Waals surface area contributed by atoms with Crippen molar-refractivity contribution >= 4 is 11.6 Å². The lowest BCUT2D eigenvalue weighted by molar-refractivity contribution is 0.279. The number of hydrogen-bond acceptors (Lipinski definition) is 2. The Labute approximate surface area is 91.7 Å². The van der Waals surface area contributed by atoms with E-state index in [0.717, 1.165) is 12.1 Å². The van der Waals surface area contributed by atoms with Gasteiger partial charge in [-0.2, -0.15) is 0 Å². The number of nitrogens with two attached hydrogens (primary N) is 1. The van der Waals surface area contributed by atoms with Gasteiger partial charge in [-0.25, -0.2) is 8.78 Å². The average Bonchev–Trinajstić information content (AvgIpc) is 2.21. The van der Waals surface area contributed by atoms with E-state index < -0.39 is 17.7 Å². The Kier molecular flexibility index (Phi) is 4.45. The van der Waals surface area contributed by atoms with E-state index in [9.17, 15) is 8.78 Å². The van der Waals surface area contributed by atoms with Crippen molar-refractivity contribution in [2.75, 3.05) is 6.61 Å². The van der Waals surface area contributed by atoms with E-state index in [1.165, 1.54) is 0 Å². The molecule has 1 aromatic rings. The zero-order valence-corrected chi connectivity index (χ0v) is 8.77. The molecule has 0 aliphatic carbocycles. The molecule has 15 heavy (non-hydrogen) atoms. The Morgan fingerprint density at radius 3 is 2.67 bits per heavy atom. The molecule has 84 valence electrons. The van der Waals surface area contributed by atoms with E-state index in [-0.39, 0.29) is 17.2 Å². The van der Waals surface area contributed by atoms with Crippen LogP contribution in [0, 0.1) is 11.6 Å². The Bertz CT molecular complexity index is 346. The summed E-state index contributed by atoms with van der Waals surface area (Å²) in [7, 11) is 0. The van der Waals surface area contributed by atoms with Crippen molar-refractivity contribution in [2.24, 2.45) is 5.73 Å². The molecule has 1 atom stereocenters. The molecular weight excluding hydrogens is 224 g/mol. The van der Waals surface area contributed by atoms with Gasteiger partial charge < -0.3 is 10.8 Å². The second-order valence-electron chi connectivity index (χ2n) is 3.23. The van der Waals surface area contributed by atoms with Gasteiger partial charge in [-0.05, 0) is 25.0 Å². The number of aliphatic hydroxyl groups excluding tert-OH is 1. The van der Waals surface area contributed by atoms with Gasteiger partial charge in [-0.15, -0.1) is 0 Å². The summed E-state index contributed by atoms with van der Waals surface area (Å²) >= 11 is 5.52. The van der Waals surface area contributed by atoms with Crippen LogP contribution < -0.4 is 5.73 Å². The zero-order chi connectivity index (χ0) is 11.4. The summed E-state index contributed by atoms with van der Waals surface area (Å²) in [6, 6.07) is 1.45. The van der Waals surface area contributed by atoms with Gasteiger partial charge in [-0.3, -0.25) is 0 Å². The Hall–Kier alpha value is -0.710. The lowest BCUT2D eigenvalue weighted by Gasteiger charge is -2.13. The van der Waals surface area contributed by atoms with Crippen LogP contribution >= 0.6 is 11.6 Å². The van der Waals surface area contributed by atoms with E-state index in [1.807, 2.05) is 0 Å². The summed E-state index contributed by atoms with van der Waals surface area (Å²) in [6.45, 7) is -0.0580. The summed E-state index contributed by atoms with van der Waals surface area (Å²) in [5.74, 6) is -1.52. The van der Waals surface area contributed by atoms with Crippen LogP contribution in [-0.4, -0.2) is 11.7 Å². The normalized spacial score (nSPS) is 12.9. The van der Waals surface area contributed by atoms with E-state index in [4.69, 9.17) is 22.4 Å². The van der Waals surface area contributed by atoms with Gasteiger partial charge in [0.15, 0.2) is 0 Å². The van der Waals surface area contributed by atoms with Crippen LogP contribution in [0.4, 0.5) is 8.78 Å². The molecule has 0 heterocycles. The first kappa shape index (κ1) is 12.4. The number of hydrogen-bond donors (Lipinski definition) is 2. The number of aliphatic hydroxyl groups is 1. The van der Waals surface area contributed by atoms with Crippen molar-refractivity contribution in [3.8, 4) is 0 Å². The molecule has 0 saturated carbocycles. The fourth-order valence-corrected chi connectivity index (χ4v) is 1.50. The third kappa shape index (κ3) is 2.87. The van der Waals surface area contributed by atoms with Crippen LogP contribution in [0.2, 0.25) is 5.02 Å². The molecule has 0 radical (unpaired) electrons. The van der Waals surface area contributed by atoms with Gasteiger partial charge in [0.05, 0.1) is 5.02 Å². The highest BCUT2D eigenvalue weighted by Gasteiger charge is 2.18. The highest BCUT2D eigenvalue weighted by molar-refractivity contribution is 6.30. The first-order valence-electron chi connectivity index (χ1n) is 4.57. The highest BCUT2D eigenvalue weighted by atomic mass is 35.5. The van der Waals surface area contributed by atoms with Crippen molar-refractivity contribution in [3.63, 3.8) is 0 Å². The SMILES string of the molecule is N[C@@H](CCCO)c1c(F)ccc(Cl)c1F. The largest absolute Gasteiger partial charge is 0.396 e. The average molecular weight is 236 g/mol. The second-order valence-corrected chi connectivity index (χ2v) is 3.64. The molecule has 3 N–H and O–H groups in total. The summed E-state index contributed by atoms with van der Waals surface area (Å²) < 4.78 is 26.7. The zero-order valence-electron chi connectivity index (χ0n) is 8.01. The minimum absolute atomic E-state index is 0.0580. The summed E-state index contributed by atoms with van der Waals surface area (Å²) in [5.41, 5.74) is 5.39. The standard InChI is InChI=1S/C10H12ClF2NO/c11-6-3-4-7(12)9(10(6)13)8(14)2-1-5-15/h3-4,8,15H,1-2,5,14H2/t8-/m0/s1. The number of halogens is 3. The lowest BCUT2D eigenvalue weighted by atomic mass is 10.0. The van der Waals surface area contributed by atoms with Gasteiger partial charge in [0.2, 0.25) is 0 Å². The Balaban J connectivity index is 2.96. The van der Waals surface area contributed by atoms with Crippen LogP contribution in [0.3, 0.4) is 0 Å². The fraction of sp³-hybridized carbons (Fsp3) is 0.400. The van der Waals surface area contributed by atoms with Crippen LogP contribution in [0.25, 0.3) is 0 Å². The minimum Gasteiger partial charge on any atom is -0.396 e. The summed E-state index contributed by atoms with van der Waals surface area (Å²) in [4.78, 5) is 0. The van der Waals surface area contributed by atoms with E-state index >= 15 is 0 Å². The monoisotopic (exact) mass is 235 g/mol. The van der Waals surface area contributed by atoms with Gasteiger partial charge in [-0.1, -0.05) is 11.6 Å². The highest BCUT2D eigenvalue weighted by Crippen LogP contribution is 2.27. The molecule has 0 amide bonds. The van der Waals surface area contributed by atoms with Crippen LogP contribution in [0.5, 0.6) is 0 Å². The number of rotatable bonds is 4. The van der Waals surface area contributed by atoms with Crippen LogP contribution in [0.15, 0.2) is 12.1 Å². The molecule has 0 spiro atoms. The smallest absolute Gasteiger partial charge is 0.149 e. The number of benzene rings is 1. The molecule has 0 aromatic heterocycles. The maximum absolute atomic E-state index is 13.4. The van der Waals surface area contributed by atoms with Crippen molar-refractivity contribution in [2.45, 2.75) is 18.9 Å². The molecule has 0 bridgehead atoms. The first-order chi connectivity index (χ1) is 7.07. The first-order valence-corrected chi connectivity index (χ1v) is 4.95. The van der Waals surface area contributed by atoms with E-state index in [2.05, 4.69) is 0 Å². The maximum atomic E-state index is 13.4. The van der Waals surface area contributed by atoms with Crippen LogP contribution in [-0.2, 0) is 0 Å². The Morgan fingerprint density at radius 1 is 1.40 bits per heavy atom. The van der Waals surface area contributed by atoms with Gasteiger partial charge in [0, 0.05) is 18.2 Å². The predicted molar refractivity (Wildman–Crippen MR) is 54.6 cm³/mol. The van der Waals surface area contributed by atoms with E-state index in [1.54, 1.807) is 0 Å². The molecule has 0 unspecified atom stereocenters. The molecule has 1 rings (SSSR count). The van der Waals surface area contributed by atoms with E-state index in [0.29, 0.717) is 12.8 Å². The molecule has 1 aromatic carbocycles. The van der Waals surface area contributed by atoms with Crippen LogP contribution in [0.1, 0.15) is 24.4 Å². The topological polar surface area (TPSA) is 46.2 Å². The van der Waals surface area contributed by atoms with Crippen molar-refractivity contribution in [1.82, 2.24) is 0 Å². The molecule has 5 heteroatoms. The van der Waals surface area contributed by atoms with Crippen molar-refractivity contribution in [1.29, 1.82) is 0 Å². The summed E-state index contributed by atoms with van der Waals surface area (Å²) in [5, 5.41) is 8.44. The quantitative estimate of drug-likeness (QED) is 0.788. The molecular formula is C10H12ClF2NO. The van der Waals surface area contributed by atoms with Gasteiger partial charge >= 0.3 is 0 Å². The second kappa shape index (κ2) is 5.39. The lowest BCUT2D eigenvalue weighted by Crippen LogP contribution is -2.15. The molecule has 0 aliphatic rings. The minimum atomic E-state index is -0.817. The Morgan fingerprint density at radius 2 is 2.07 bits per heavy atom. The third-order valence-corrected chi connectivity index (χ3v) is 2.42. The molecule has 0 fully saturated rings. The molecule has 0 saturated heterocycles. The maximum Gasteiger partial charge on any atom is 0.149 e.